The number of aromatic nitrogens is 2. The number of rotatable bonds is 5. The van der Waals surface area contributed by atoms with Crippen LogP contribution >= 0.6 is 0 Å². The van der Waals surface area contributed by atoms with Crippen molar-refractivity contribution in [1.29, 1.82) is 0 Å². The Morgan fingerprint density at radius 3 is 2.67 bits per heavy atom. The van der Waals surface area contributed by atoms with Gasteiger partial charge in [-0.3, -0.25) is 9.59 Å². The van der Waals surface area contributed by atoms with Crippen molar-refractivity contribution in [3.63, 3.8) is 0 Å². The van der Waals surface area contributed by atoms with Gasteiger partial charge in [-0.25, -0.2) is 4.98 Å². The second-order valence-corrected chi connectivity index (χ2v) is 7.13. The van der Waals surface area contributed by atoms with E-state index < -0.39 is 0 Å². The molecule has 1 aromatic heterocycles. The molecule has 1 saturated heterocycles. The molecule has 27 heavy (non-hydrogen) atoms. The minimum Gasteiger partial charge on any atom is -0.497 e. The van der Waals surface area contributed by atoms with Crippen LogP contribution in [0.1, 0.15) is 52.8 Å². The van der Waals surface area contributed by atoms with Crippen LogP contribution in [0, 0.1) is 0 Å². The minimum absolute atomic E-state index is 0.109. The lowest BCUT2D eigenvalue weighted by molar-refractivity contribution is 0.0788. The van der Waals surface area contributed by atoms with E-state index in [1.165, 1.54) is 6.20 Å². The Bertz CT molecular complexity index is 920. The van der Waals surface area contributed by atoms with Crippen LogP contribution in [0.2, 0.25) is 0 Å². The van der Waals surface area contributed by atoms with E-state index in [1.807, 2.05) is 18.2 Å². The zero-order valence-electron chi connectivity index (χ0n) is 15.5. The lowest BCUT2D eigenvalue weighted by Crippen LogP contribution is -2.33. The van der Waals surface area contributed by atoms with Crippen LogP contribution in [-0.4, -0.2) is 48.1 Å². The van der Waals surface area contributed by atoms with Gasteiger partial charge in [0.05, 0.1) is 14.2 Å². The van der Waals surface area contributed by atoms with Crippen LogP contribution in [-0.2, 0) is 0 Å². The average molecular weight is 369 g/mol. The molecular weight excluding hydrogens is 346 g/mol. The van der Waals surface area contributed by atoms with Gasteiger partial charge in [-0.1, -0.05) is 0 Å². The molecule has 1 amide bonds. The van der Waals surface area contributed by atoms with Crippen molar-refractivity contribution < 1.29 is 14.3 Å². The van der Waals surface area contributed by atoms with Gasteiger partial charge in [-0.2, -0.15) is 0 Å². The van der Waals surface area contributed by atoms with Crippen molar-refractivity contribution in [1.82, 2.24) is 14.9 Å². The second kappa shape index (κ2) is 7.06. The molecule has 2 aliphatic rings. The van der Waals surface area contributed by atoms with Gasteiger partial charge in [0, 0.05) is 36.7 Å². The third kappa shape index (κ3) is 3.41. The monoisotopic (exact) mass is 369 g/mol. The largest absolute Gasteiger partial charge is 0.497 e. The molecule has 1 saturated carbocycles. The molecule has 2 aromatic rings. The molecule has 7 nitrogen and oxygen atoms in total. The molecule has 4 rings (SSSR count). The summed E-state index contributed by atoms with van der Waals surface area (Å²) < 4.78 is 10.8. The average Bonchev–Trinajstić information content (AvgIpc) is 3.43. The van der Waals surface area contributed by atoms with Gasteiger partial charge < -0.3 is 19.4 Å². The number of hydrogen-bond donors (Lipinski definition) is 1. The number of ether oxygens (including phenoxy) is 2. The van der Waals surface area contributed by atoms with Crippen LogP contribution in [0.25, 0.3) is 0 Å². The third-order valence-corrected chi connectivity index (χ3v) is 5.37. The van der Waals surface area contributed by atoms with Gasteiger partial charge in [0.15, 0.2) is 0 Å². The summed E-state index contributed by atoms with van der Waals surface area (Å²) in [6.45, 7) is 1.12. The molecule has 0 spiro atoms. The van der Waals surface area contributed by atoms with E-state index in [0.717, 1.165) is 36.3 Å². The molecule has 0 unspecified atom stereocenters. The first kappa shape index (κ1) is 17.6. The first-order valence-corrected chi connectivity index (χ1v) is 9.21. The number of nitrogens with one attached hydrogen (secondary N) is 1. The maximum absolute atomic E-state index is 12.8. The molecule has 0 radical (unpaired) electrons. The molecule has 7 heteroatoms. The number of carbonyl (C=O) groups excluding carboxylic acids is 1. The Hall–Kier alpha value is -2.83. The number of H-pyrrole nitrogens is 1. The van der Waals surface area contributed by atoms with E-state index >= 15 is 0 Å². The molecule has 0 bridgehead atoms. The molecule has 1 aliphatic heterocycles. The topological polar surface area (TPSA) is 84.5 Å². The molecule has 142 valence electrons. The van der Waals surface area contributed by atoms with Crippen molar-refractivity contribution in [2.24, 2.45) is 0 Å². The van der Waals surface area contributed by atoms with E-state index in [9.17, 15) is 9.59 Å². The molecule has 1 aromatic carbocycles. The van der Waals surface area contributed by atoms with Gasteiger partial charge in [-0.15, -0.1) is 0 Å². The summed E-state index contributed by atoms with van der Waals surface area (Å²) in [4.78, 5) is 33.9. The highest BCUT2D eigenvalue weighted by Crippen LogP contribution is 2.38. The first-order chi connectivity index (χ1) is 13.1. The van der Waals surface area contributed by atoms with Crippen LogP contribution < -0.4 is 15.0 Å². The van der Waals surface area contributed by atoms with Crippen molar-refractivity contribution in [2.45, 2.75) is 31.1 Å². The Kier molecular flexibility index (Phi) is 4.59. The molecule has 1 aliphatic carbocycles. The molecule has 1 atom stereocenters. The summed E-state index contributed by atoms with van der Waals surface area (Å²) in [6, 6.07) is 5.69. The maximum Gasteiger partial charge on any atom is 0.263 e. The number of benzene rings is 1. The lowest BCUT2D eigenvalue weighted by atomic mass is 9.97. The van der Waals surface area contributed by atoms with Crippen molar-refractivity contribution >= 4 is 5.91 Å². The number of aromatic amines is 1. The zero-order valence-corrected chi connectivity index (χ0v) is 15.5. The van der Waals surface area contributed by atoms with E-state index in [1.54, 1.807) is 19.1 Å². The van der Waals surface area contributed by atoms with Crippen molar-refractivity contribution in [3.8, 4) is 11.5 Å². The predicted molar refractivity (Wildman–Crippen MR) is 99.6 cm³/mol. The fourth-order valence-electron chi connectivity index (χ4n) is 3.65. The van der Waals surface area contributed by atoms with Crippen LogP contribution in [0.5, 0.6) is 11.5 Å². The van der Waals surface area contributed by atoms with E-state index in [-0.39, 0.29) is 22.9 Å². The van der Waals surface area contributed by atoms with Crippen LogP contribution in [0.4, 0.5) is 0 Å². The van der Waals surface area contributed by atoms with Gasteiger partial charge >= 0.3 is 0 Å². The van der Waals surface area contributed by atoms with Gasteiger partial charge in [0.1, 0.15) is 22.9 Å². The third-order valence-electron chi connectivity index (χ3n) is 5.37. The SMILES string of the molecule is COc1ccc(OC)c([C@@H]2CCN(C(=O)c3cnc(C4CC4)[nH]c3=O)C2)c1. The summed E-state index contributed by atoms with van der Waals surface area (Å²) in [5, 5.41) is 0. The van der Waals surface area contributed by atoms with E-state index in [2.05, 4.69) is 9.97 Å². The standard InChI is InChI=1S/C20H23N3O4/c1-26-14-5-6-17(27-2)15(9-14)13-7-8-23(11-13)20(25)16-10-21-18(12-3-4-12)22-19(16)24/h5-6,9-10,12-13H,3-4,7-8,11H2,1-2H3,(H,21,22,24)/t13-/m1/s1. The molecule has 2 heterocycles. The Morgan fingerprint density at radius 2 is 2.00 bits per heavy atom. The second-order valence-electron chi connectivity index (χ2n) is 7.13. The summed E-state index contributed by atoms with van der Waals surface area (Å²) in [5.74, 6) is 2.44. The quantitative estimate of drug-likeness (QED) is 0.874. The summed E-state index contributed by atoms with van der Waals surface area (Å²) >= 11 is 0. The zero-order chi connectivity index (χ0) is 19.0. The molecule has 2 fully saturated rings. The number of hydrogen-bond acceptors (Lipinski definition) is 5. The van der Waals surface area contributed by atoms with Gasteiger partial charge in [0.25, 0.3) is 11.5 Å². The van der Waals surface area contributed by atoms with Crippen LogP contribution in [0.15, 0.2) is 29.2 Å². The number of methoxy groups -OCH3 is 2. The lowest BCUT2D eigenvalue weighted by Gasteiger charge is -2.18. The van der Waals surface area contributed by atoms with Crippen molar-refractivity contribution in [2.75, 3.05) is 27.3 Å². The fraction of sp³-hybridized carbons (Fsp3) is 0.450. The summed E-state index contributed by atoms with van der Waals surface area (Å²) in [5.41, 5.74) is 0.778. The molecular formula is C20H23N3O4. The van der Waals surface area contributed by atoms with E-state index in [4.69, 9.17) is 9.47 Å². The normalized spacial score (nSPS) is 19.2. The Labute approximate surface area is 157 Å². The number of likely N-dealkylation sites (tertiary alicyclic amines) is 1. The first-order valence-electron chi connectivity index (χ1n) is 9.21. The smallest absolute Gasteiger partial charge is 0.263 e. The predicted octanol–water partition coefficient (Wildman–Crippen LogP) is 2.29. The number of nitrogens with zero attached hydrogens (tertiary/aromatic N) is 2. The fourth-order valence-corrected chi connectivity index (χ4v) is 3.65. The van der Waals surface area contributed by atoms with Crippen LogP contribution in [0.3, 0.4) is 0 Å². The highest BCUT2D eigenvalue weighted by molar-refractivity contribution is 5.93. The maximum atomic E-state index is 12.8. The highest BCUT2D eigenvalue weighted by atomic mass is 16.5. The minimum atomic E-state index is -0.348. The molecule has 1 N–H and O–H groups in total. The van der Waals surface area contributed by atoms with Crippen molar-refractivity contribution in [3.05, 3.63) is 51.7 Å². The van der Waals surface area contributed by atoms with E-state index in [0.29, 0.717) is 24.8 Å². The van der Waals surface area contributed by atoms with Gasteiger partial charge in [-0.05, 0) is 37.5 Å². The number of amides is 1. The summed E-state index contributed by atoms with van der Waals surface area (Å²) in [7, 11) is 3.26. The Balaban J connectivity index is 1.53. The highest BCUT2D eigenvalue weighted by Gasteiger charge is 2.32. The number of carbonyl (C=O) groups is 1. The van der Waals surface area contributed by atoms with Gasteiger partial charge in [0.2, 0.25) is 0 Å². The Morgan fingerprint density at radius 1 is 1.19 bits per heavy atom. The summed E-state index contributed by atoms with van der Waals surface area (Å²) in [6.07, 6.45) is 4.33.